The molecule has 0 amide bonds. The molecule has 0 radical (unpaired) electrons. The quantitative estimate of drug-likeness (QED) is 0.650. The van der Waals surface area contributed by atoms with Crippen LogP contribution in [0.3, 0.4) is 0 Å². The van der Waals surface area contributed by atoms with E-state index in [1.807, 2.05) is 13.8 Å². The summed E-state index contributed by atoms with van der Waals surface area (Å²) >= 11 is 0. The zero-order chi connectivity index (χ0) is 15.4. The number of nitrogens with zero attached hydrogens (tertiary/aromatic N) is 2. The van der Waals surface area contributed by atoms with E-state index >= 15 is 0 Å². The fraction of sp³-hybridized carbons (Fsp3) is 0.286. The lowest BCUT2D eigenvalue weighted by Gasteiger charge is -2.09. The van der Waals surface area contributed by atoms with Gasteiger partial charge in [-0.25, -0.2) is 4.98 Å². The molecule has 7 heteroatoms. The molecule has 2 rings (SSSR count). The number of aromatic amines is 1. The number of hydrogen-bond acceptors (Lipinski definition) is 5. The highest BCUT2D eigenvalue weighted by molar-refractivity contribution is 5.38. The molecular weight excluding hydrogens is 272 g/mol. The number of rotatable bonds is 5. The van der Waals surface area contributed by atoms with E-state index in [0.29, 0.717) is 18.2 Å². The van der Waals surface area contributed by atoms with E-state index in [1.54, 1.807) is 12.1 Å². The summed E-state index contributed by atoms with van der Waals surface area (Å²) in [7, 11) is 0. The highest BCUT2D eigenvalue weighted by atomic mass is 16.6. The SMILES string of the molecule is CC(C)c1nc(NCc2cccc([N+](=O)[O-])c2)cc(=O)[nH]1. The van der Waals surface area contributed by atoms with E-state index < -0.39 is 4.92 Å². The normalized spacial score (nSPS) is 10.6. The number of non-ortho nitro benzene ring substituents is 1. The van der Waals surface area contributed by atoms with Gasteiger partial charge in [-0.2, -0.15) is 0 Å². The lowest BCUT2D eigenvalue weighted by molar-refractivity contribution is -0.384. The third-order valence-electron chi connectivity index (χ3n) is 2.90. The Labute approximate surface area is 121 Å². The minimum Gasteiger partial charge on any atom is -0.366 e. The Morgan fingerprint density at radius 1 is 1.38 bits per heavy atom. The van der Waals surface area contributed by atoms with Gasteiger partial charge in [0.25, 0.3) is 11.2 Å². The fourth-order valence-electron chi connectivity index (χ4n) is 1.81. The fourth-order valence-corrected chi connectivity index (χ4v) is 1.81. The van der Waals surface area contributed by atoms with Gasteiger partial charge < -0.3 is 10.3 Å². The summed E-state index contributed by atoms with van der Waals surface area (Å²) in [6.07, 6.45) is 0. The smallest absolute Gasteiger partial charge is 0.269 e. The Balaban J connectivity index is 2.14. The highest BCUT2D eigenvalue weighted by Gasteiger charge is 2.07. The average Bonchev–Trinajstić information content (AvgIpc) is 2.45. The second-order valence-electron chi connectivity index (χ2n) is 4.95. The van der Waals surface area contributed by atoms with Gasteiger partial charge in [-0.3, -0.25) is 14.9 Å². The molecule has 2 N–H and O–H groups in total. The van der Waals surface area contributed by atoms with Gasteiger partial charge >= 0.3 is 0 Å². The number of anilines is 1. The average molecular weight is 288 g/mol. The predicted molar refractivity (Wildman–Crippen MR) is 79.4 cm³/mol. The molecule has 0 aliphatic carbocycles. The molecule has 0 saturated carbocycles. The van der Waals surface area contributed by atoms with Crippen molar-refractivity contribution in [2.24, 2.45) is 0 Å². The van der Waals surface area contributed by atoms with Crippen molar-refractivity contribution in [3.8, 4) is 0 Å². The minimum absolute atomic E-state index is 0.0380. The van der Waals surface area contributed by atoms with Crippen molar-refractivity contribution < 1.29 is 4.92 Å². The maximum Gasteiger partial charge on any atom is 0.269 e. The second kappa shape index (κ2) is 6.17. The zero-order valence-corrected chi connectivity index (χ0v) is 11.8. The molecule has 0 saturated heterocycles. The van der Waals surface area contributed by atoms with Crippen LogP contribution in [-0.2, 0) is 6.54 Å². The molecule has 21 heavy (non-hydrogen) atoms. The summed E-state index contributed by atoms with van der Waals surface area (Å²) in [5.41, 5.74) is 0.559. The van der Waals surface area contributed by atoms with E-state index in [4.69, 9.17) is 0 Å². The summed E-state index contributed by atoms with van der Waals surface area (Å²) in [5.74, 6) is 1.16. The highest BCUT2D eigenvalue weighted by Crippen LogP contribution is 2.14. The third kappa shape index (κ3) is 3.88. The number of nitro groups is 1. The van der Waals surface area contributed by atoms with Gasteiger partial charge in [0, 0.05) is 30.7 Å². The molecule has 1 heterocycles. The van der Waals surface area contributed by atoms with Crippen molar-refractivity contribution in [1.82, 2.24) is 9.97 Å². The van der Waals surface area contributed by atoms with Crippen LogP contribution >= 0.6 is 0 Å². The maximum atomic E-state index is 11.5. The minimum atomic E-state index is -0.439. The van der Waals surface area contributed by atoms with Crippen LogP contribution in [0.15, 0.2) is 35.1 Å². The molecular formula is C14H16N4O3. The van der Waals surface area contributed by atoms with Crippen molar-refractivity contribution in [2.75, 3.05) is 5.32 Å². The molecule has 0 spiro atoms. The summed E-state index contributed by atoms with van der Waals surface area (Å²) in [4.78, 5) is 28.8. The Morgan fingerprint density at radius 3 is 2.81 bits per heavy atom. The van der Waals surface area contributed by atoms with Crippen LogP contribution in [0.25, 0.3) is 0 Å². The monoisotopic (exact) mass is 288 g/mol. The molecule has 1 aromatic heterocycles. The molecule has 0 atom stereocenters. The van der Waals surface area contributed by atoms with Crippen molar-refractivity contribution in [2.45, 2.75) is 26.3 Å². The van der Waals surface area contributed by atoms with Crippen molar-refractivity contribution in [3.63, 3.8) is 0 Å². The van der Waals surface area contributed by atoms with Crippen LogP contribution in [0.5, 0.6) is 0 Å². The molecule has 0 unspecified atom stereocenters. The van der Waals surface area contributed by atoms with Gasteiger partial charge in [0.15, 0.2) is 0 Å². The van der Waals surface area contributed by atoms with E-state index in [1.165, 1.54) is 18.2 Å². The van der Waals surface area contributed by atoms with E-state index in [9.17, 15) is 14.9 Å². The standard InChI is InChI=1S/C14H16N4O3/c1-9(2)14-16-12(7-13(19)17-14)15-8-10-4-3-5-11(6-10)18(20)21/h3-7,9H,8H2,1-2H3,(H2,15,16,17,19). The number of benzene rings is 1. The zero-order valence-electron chi connectivity index (χ0n) is 11.8. The molecule has 1 aromatic carbocycles. The van der Waals surface area contributed by atoms with Crippen LogP contribution in [0.2, 0.25) is 0 Å². The van der Waals surface area contributed by atoms with Crippen molar-refractivity contribution in [1.29, 1.82) is 0 Å². The second-order valence-corrected chi connectivity index (χ2v) is 4.95. The first-order valence-electron chi connectivity index (χ1n) is 6.54. The first-order chi connectivity index (χ1) is 9.95. The summed E-state index contributed by atoms with van der Waals surface area (Å²) in [6.45, 7) is 4.22. The number of aromatic nitrogens is 2. The van der Waals surface area contributed by atoms with Crippen LogP contribution in [0.4, 0.5) is 11.5 Å². The van der Waals surface area contributed by atoms with Gasteiger partial charge in [-0.1, -0.05) is 26.0 Å². The summed E-state index contributed by atoms with van der Waals surface area (Å²) in [6, 6.07) is 7.69. The molecule has 2 aromatic rings. The maximum absolute atomic E-state index is 11.5. The van der Waals surface area contributed by atoms with Gasteiger partial charge in [0.05, 0.1) is 4.92 Å². The number of H-pyrrole nitrogens is 1. The Morgan fingerprint density at radius 2 is 2.14 bits per heavy atom. The molecule has 0 aliphatic rings. The van der Waals surface area contributed by atoms with Crippen LogP contribution in [0, 0.1) is 10.1 Å². The molecule has 110 valence electrons. The number of hydrogen-bond donors (Lipinski definition) is 2. The molecule has 0 aliphatic heterocycles. The van der Waals surface area contributed by atoms with E-state index in [0.717, 1.165) is 5.56 Å². The largest absolute Gasteiger partial charge is 0.366 e. The Bertz CT molecular complexity index is 709. The topological polar surface area (TPSA) is 101 Å². The predicted octanol–water partition coefficient (Wildman–Crippen LogP) is 2.41. The summed E-state index contributed by atoms with van der Waals surface area (Å²) < 4.78 is 0. The van der Waals surface area contributed by atoms with Gasteiger partial charge in [-0.15, -0.1) is 0 Å². The van der Waals surface area contributed by atoms with Gasteiger partial charge in [-0.05, 0) is 5.56 Å². The Kier molecular flexibility index (Phi) is 4.32. The van der Waals surface area contributed by atoms with E-state index in [2.05, 4.69) is 15.3 Å². The number of nitrogens with one attached hydrogen (secondary N) is 2. The Hall–Kier alpha value is -2.70. The first kappa shape index (κ1) is 14.7. The van der Waals surface area contributed by atoms with Crippen LogP contribution < -0.4 is 10.9 Å². The number of nitro benzene ring substituents is 1. The van der Waals surface area contributed by atoms with Gasteiger partial charge in [0.2, 0.25) is 0 Å². The lowest BCUT2D eigenvalue weighted by atomic mass is 10.2. The van der Waals surface area contributed by atoms with Crippen LogP contribution in [-0.4, -0.2) is 14.9 Å². The van der Waals surface area contributed by atoms with E-state index in [-0.39, 0.29) is 17.2 Å². The molecule has 0 bridgehead atoms. The van der Waals surface area contributed by atoms with Crippen LogP contribution in [0.1, 0.15) is 31.2 Å². The van der Waals surface area contributed by atoms with Gasteiger partial charge in [0.1, 0.15) is 11.6 Å². The van der Waals surface area contributed by atoms with Crippen molar-refractivity contribution >= 4 is 11.5 Å². The summed E-state index contributed by atoms with van der Waals surface area (Å²) in [5, 5.41) is 13.7. The third-order valence-corrected chi connectivity index (χ3v) is 2.90. The lowest BCUT2D eigenvalue weighted by Crippen LogP contribution is -2.14. The molecule has 0 fully saturated rings. The first-order valence-corrected chi connectivity index (χ1v) is 6.54. The molecule has 7 nitrogen and oxygen atoms in total. The van der Waals surface area contributed by atoms with Crippen molar-refractivity contribution in [3.05, 3.63) is 62.2 Å².